The molecule has 0 atom stereocenters. The number of halogens is 1. The molecule has 208 valence electrons. The fourth-order valence-corrected chi connectivity index (χ4v) is 5.73. The van der Waals surface area contributed by atoms with Crippen LogP contribution in [0.3, 0.4) is 0 Å². The molecule has 0 aliphatic carbocycles. The van der Waals surface area contributed by atoms with E-state index in [0.717, 1.165) is 49.2 Å². The molecule has 0 saturated carbocycles. The van der Waals surface area contributed by atoms with Crippen LogP contribution in [0.4, 0.5) is 4.39 Å². The van der Waals surface area contributed by atoms with E-state index in [4.69, 9.17) is 0 Å². The van der Waals surface area contributed by atoms with Crippen molar-refractivity contribution in [2.24, 2.45) is 11.8 Å². The van der Waals surface area contributed by atoms with Crippen LogP contribution in [0.25, 0.3) is 0 Å². The largest absolute Gasteiger partial charge is 0.339 e. The standard InChI is InChI=1S/C33H36FN3O3/c1-23-2-6-26(7-3-23)32(39)27-14-18-37(19-15-27)33(40)28-8-11-30(35-21-28)31(38)20-24-12-16-36(17-13-24)22-25-4-9-29(34)10-5-25/h2-11,21,24,27H,12-20,22H2,1H3. The predicted octanol–water partition coefficient (Wildman–Crippen LogP) is 5.75. The topological polar surface area (TPSA) is 70.6 Å². The highest BCUT2D eigenvalue weighted by molar-refractivity contribution is 5.99. The lowest BCUT2D eigenvalue weighted by Crippen LogP contribution is -2.40. The number of aryl methyl sites for hydroxylation is 1. The summed E-state index contributed by atoms with van der Waals surface area (Å²) in [4.78, 5) is 47.2. The quantitative estimate of drug-likeness (QED) is 0.340. The molecule has 2 aromatic carbocycles. The number of likely N-dealkylation sites (tertiary alicyclic amines) is 2. The molecule has 7 heteroatoms. The van der Waals surface area contributed by atoms with E-state index in [1.807, 2.05) is 43.3 Å². The second-order valence-electron chi connectivity index (χ2n) is 11.2. The molecule has 6 nitrogen and oxygen atoms in total. The van der Waals surface area contributed by atoms with Gasteiger partial charge in [0.2, 0.25) is 0 Å². The molecule has 0 N–H and O–H groups in total. The molecule has 2 aliphatic heterocycles. The van der Waals surface area contributed by atoms with Gasteiger partial charge in [-0.2, -0.15) is 0 Å². The number of hydrogen-bond donors (Lipinski definition) is 0. The molecule has 2 aliphatic rings. The van der Waals surface area contributed by atoms with Crippen LogP contribution < -0.4 is 0 Å². The summed E-state index contributed by atoms with van der Waals surface area (Å²) < 4.78 is 13.1. The van der Waals surface area contributed by atoms with E-state index in [9.17, 15) is 18.8 Å². The van der Waals surface area contributed by atoms with Gasteiger partial charge in [-0.15, -0.1) is 0 Å². The number of amides is 1. The number of carbonyl (C=O) groups excluding carboxylic acids is 3. The number of nitrogens with zero attached hydrogens (tertiary/aromatic N) is 3. The highest BCUT2D eigenvalue weighted by Gasteiger charge is 2.29. The van der Waals surface area contributed by atoms with Crippen LogP contribution in [0, 0.1) is 24.6 Å². The molecule has 0 bridgehead atoms. The van der Waals surface area contributed by atoms with Crippen LogP contribution in [-0.4, -0.2) is 58.4 Å². The Morgan fingerprint density at radius 2 is 1.48 bits per heavy atom. The van der Waals surface area contributed by atoms with Crippen LogP contribution in [0.5, 0.6) is 0 Å². The minimum atomic E-state index is -0.223. The smallest absolute Gasteiger partial charge is 0.255 e. The minimum Gasteiger partial charge on any atom is -0.339 e. The van der Waals surface area contributed by atoms with Gasteiger partial charge >= 0.3 is 0 Å². The van der Waals surface area contributed by atoms with Gasteiger partial charge in [-0.3, -0.25) is 24.3 Å². The molecule has 3 aromatic rings. The van der Waals surface area contributed by atoms with E-state index in [1.54, 1.807) is 17.0 Å². The van der Waals surface area contributed by atoms with Crippen molar-refractivity contribution in [1.82, 2.24) is 14.8 Å². The van der Waals surface area contributed by atoms with Gasteiger partial charge in [-0.05, 0) is 81.4 Å². The van der Waals surface area contributed by atoms with Crippen LogP contribution in [0.1, 0.15) is 74.4 Å². The predicted molar refractivity (Wildman–Crippen MR) is 152 cm³/mol. The van der Waals surface area contributed by atoms with Crippen molar-refractivity contribution in [1.29, 1.82) is 0 Å². The molecule has 3 heterocycles. The van der Waals surface area contributed by atoms with Gasteiger partial charge < -0.3 is 4.90 Å². The molecule has 1 amide bonds. The summed E-state index contributed by atoms with van der Waals surface area (Å²) in [6.07, 6.45) is 5.12. The molecule has 2 fully saturated rings. The second-order valence-corrected chi connectivity index (χ2v) is 11.2. The number of ketones is 2. The first-order valence-corrected chi connectivity index (χ1v) is 14.2. The molecular formula is C33H36FN3O3. The van der Waals surface area contributed by atoms with Crippen molar-refractivity contribution in [2.75, 3.05) is 26.2 Å². The molecule has 0 radical (unpaired) electrons. The Morgan fingerprint density at radius 3 is 2.10 bits per heavy atom. The van der Waals surface area contributed by atoms with E-state index in [0.29, 0.717) is 49.5 Å². The van der Waals surface area contributed by atoms with E-state index in [1.165, 1.54) is 18.3 Å². The molecule has 0 spiro atoms. The summed E-state index contributed by atoms with van der Waals surface area (Å²) in [5.74, 6) is 0.0605. The lowest BCUT2D eigenvalue weighted by atomic mass is 9.88. The fourth-order valence-electron chi connectivity index (χ4n) is 5.73. The zero-order valence-electron chi connectivity index (χ0n) is 23.0. The number of rotatable bonds is 8. The van der Waals surface area contributed by atoms with Crippen LogP contribution in [0.15, 0.2) is 66.9 Å². The summed E-state index contributed by atoms with van der Waals surface area (Å²) in [5.41, 5.74) is 3.81. The Balaban J connectivity index is 1.07. The number of pyridine rings is 1. The third-order valence-corrected chi connectivity index (χ3v) is 8.29. The maximum absolute atomic E-state index is 13.1. The van der Waals surface area contributed by atoms with E-state index in [2.05, 4.69) is 9.88 Å². The summed E-state index contributed by atoms with van der Waals surface area (Å²) in [5, 5.41) is 0. The van der Waals surface area contributed by atoms with Crippen molar-refractivity contribution < 1.29 is 18.8 Å². The normalized spacial score (nSPS) is 17.1. The van der Waals surface area contributed by atoms with Crippen molar-refractivity contribution in [3.63, 3.8) is 0 Å². The molecule has 2 saturated heterocycles. The van der Waals surface area contributed by atoms with Crippen molar-refractivity contribution in [3.05, 3.63) is 101 Å². The average Bonchev–Trinajstić information content (AvgIpc) is 2.99. The van der Waals surface area contributed by atoms with Crippen LogP contribution in [0.2, 0.25) is 0 Å². The zero-order chi connectivity index (χ0) is 28.1. The Bertz CT molecular complexity index is 1320. The number of aromatic nitrogens is 1. The number of piperidine rings is 2. The summed E-state index contributed by atoms with van der Waals surface area (Å²) in [6, 6.07) is 17.6. The van der Waals surface area contributed by atoms with Gasteiger partial charge in [0.15, 0.2) is 11.6 Å². The lowest BCUT2D eigenvalue weighted by Gasteiger charge is -2.31. The Morgan fingerprint density at radius 1 is 0.825 bits per heavy atom. The number of carbonyl (C=O) groups is 3. The monoisotopic (exact) mass is 541 g/mol. The molecule has 5 rings (SSSR count). The van der Waals surface area contributed by atoms with Gasteiger partial charge in [0.05, 0.1) is 5.56 Å². The van der Waals surface area contributed by atoms with Gasteiger partial charge in [-0.1, -0.05) is 42.0 Å². The molecular weight excluding hydrogens is 505 g/mol. The maximum Gasteiger partial charge on any atom is 0.255 e. The molecule has 40 heavy (non-hydrogen) atoms. The van der Waals surface area contributed by atoms with Crippen molar-refractivity contribution in [2.45, 2.75) is 45.6 Å². The van der Waals surface area contributed by atoms with Gasteiger partial charge in [0.1, 0.15) is 11.5 Å². The highest BCUT2D eigenvalue weighted by atomic mass is 19.1. The summed E-state index contributed by atoms with van der Waals surface area (Å²) >= 11 is 0. The van der Waals surface area contributed by atoms with Gasteiger partial charge in [0, 0.05) is 43.7 Å². The molecule has 1 aromatic heterocycles. The first-order valence-electron chi connectivity index (χ1n) is 14.2. The fraction of sp³-hybridized carbons (Fsp3) is 0.394. The van der Waals surface area contributed by atoms with Gasteiger partial charge in [-0.25, -0.2) is 4.39 Å². The number of hydrogen-bond acceptors (Lipinski definition) is 5. The van der Waals surface area contributed by atoms with Crippen LogP contribution in [-0.2, 0) is 6.54 Å². The van der Waals surface area contributed by atoms with E-state index in [-0.39, 0.29) is 29.2 Å². The van der Waals surface area contributed by atoms with Crippen molar-refractivity contribution in [3.8, 4) is 0 Å². The Hall–Kier alpha value is -3.71. The first-order chi connectivity index (χ1) is 19.4. The zero-order valence-corrected chi connectivity index (χ0v) is 23.0. The second kappa shape index (κ2) is 12.6. The average molecular weight is 542 g/mol. The lowest BCUT2D eigenvalue weighted by molar-refractivity contribution is 0.0649. The van der Waals surface area contributed by atoms with Crippen LogP contribution >= 0.6 is 0 Å². The molecule has 0 unspecified atom stereocenters. The minimum absolute atomic E-state index is 0.00594. The Kier molecular flexibility index (Phi) is 8.80. The third-order valence-electron chi connectivity index (χ3n) is 8.29. The van der Waals surface area contributed by atoms with E-state index < -0.39 is 0 Å². The summed E-state index contributed by atoms with van der Waals surface area (Å²) in [6.45, 7) is 5.66. The van der Waals surface area contributed by atoms with Crippen molar-refractivity contribution >= 4 is 17.5 Å². The highest BCUT2D eigenvalue weighted by Crippen LogP contribution is 2.25. The van der Waals surface area contributed by atoms with E-state index >= 15 is 0 Å². The maximum atomic E-state index is 13.1. The van der Waals surface area contributed by atoms with Gasteiger partial charge in [0.25, 0.3) is 5.91 Å². The number of benzene rings is 2. The SMILES string of the molecule is Cc1ccc(C(=O)C2CCN(C(=O)c3ccc(C(=O)CC4CCN(Cc5ccc(F)cc5)CC4)nc3)CC2)cc1. The first kappa shape index (κ1) is 27.8. The summed E-state index contributed by atoms with van der Waals surface area (Å²) in [7, 11) is 0. The Labute approximate surface area is 235 Å². The number of Topliss-reactive ketones (excluding diaryl/α,β-unsaturated/α-hetero) is 2. The third kappa shape index (κ3) is 6.89.